The minimum atomic E-state index is -0.810. The third-order valence-corrected chi connectivity index (χ3v) is 3.47. The van der Waals surface area contributed by atoms with Gasteiger partial charge in [0.1, 0.15) is 0 Å². The van der Waals surface area contributed by atoms with Crippen LogP contribution in [-0.4, -0.2) is 34.0 Å². The number of furan rings is 1. The number of hydrogen-bond acceptors (Lipinski definition) is 5. The van der Waals surface area contributed by atoms with Gasteiger partial charge in [0, 0.05) is 11.9 Å². The quantitative estimate of drug-likeness (QED) is 0.844. The van der Waals surface area contributed by atoms with Gasteiger partial charge < -0.3 is 9.52 Å². The van der Waals surface area contributed by atoms with Gasteiger partial charge in [-0.1, -0.05) is 6.92 Å². The van der Waals surface area contributed by atoms with Crippen molar-refractivity contribution >= 4 is 17.3 Å². The normalized spacial score (nSPS) is 11.1. The largest absolute Gasteiger partial charge is 0.480 e. The molecule has 0 aliphatic rings. The topological polar surface area (TPSA) is 66.6 Å². The third kappa shape index (κ3) is 3.90. The second-order valence-corrected chi connectivity index (χ2v) is 5.08. The van der Waals surface area contributed by atoms with Gasteiger partial charge in [-0.25, -0.2) is 4.98 Å². The number of thiazole rings is 1. The van der Waals surface area contributed by atoms with E-state index in [-0.39, 0.29) is 6.54 Å². The fourth-order valence-corrected chi connectivity index (χ4v) is 2.62. The molecule has 0 saturated carbocycles. The number of hydrogen-bond donors (Lipinski definition) is 1. The van der Waals surface area contributed by atoms with Crippen molar-refractivity contribution in [2.75, 3.05) is 13.1 Å². The molecule has 0 fully saturated rings. The molecular formula is C13H16N2O3S. The molecule has 0 bridgehead atoms. The van der Waals surface area contributed by atoms with E-state index >= 15 is 0 Å². The van der Waals surface area contributed by atoms with Crippen molar-refractivity contribution in [1.82, 2.24) is 9.88 Å². The zero-order chi connectivity index (χ0) is 13.7. The Labute approximate surface area is 115 Å². The van der Waals surface area contributed by atoms with Crippen LogP contribution < -0.4 is 0 Å². The van der Waals surface area contributed by atoms with Gasteiger partial charge in [0.2, 0.25) is 0 Å². The monoisotopic (exact) mass is 280 g/mol. The highest BCUT2D eigenvalue weighted by atomic mass is 32.1. The molecule has 0 aliphatic heterocycles. The number of carboxylic acids is 1. The second-order valence-electron chi connectivity index (χ2n) is 4.23. The summed E-state index contributed by atoms with van der Waals surface area (Å²) in [5.41, 5.74) is 0.881. The Morgan fingerprint density at radius 1 is 1.58 bits per heavy atom. The highest BCUT2D eigenvalue weighted by Gasteiger charge is 2.13. The Balaban J connectivity index is 2.03. The minimum Gasteiger partial charge on any atom is -0.480 e. The Hall–Kier alpha value is -1.66. The van der Waals surface area contributed by atoms with Gasteiger partial charge in [-0.05, 0) is 25.1 Å². The summed E-state index contributed by atoms with van der Waals surface area (Å²) in [6.07, 6.45) is 2.53. The van der Waals surface area contributed by atoms with Crippen LogP contribution in [0.4, 0.5) is 0 Å². The lowest BCUT2D eigenvalue weighted by Crippen LogP contribution is -2.30. The number of rotatable bonds is 7. The van der Waals surface area contributed by atoms with Crippen molar-refractivity contribution in [3.63, 3.8) is 0 Å². The molecule has 0 aromatic carbocycles. The van der Waals surface area contributed by atoms with Crippen molar-refractivity contribution in [2.24, 2.45) is 0 Å². The van der Waals surface area contributed by atoms with Gasteiger partial charge >= 0.3 is 5.97 Å². The summed E-state index contributed by atoms with van der Waals surface area (Å²) in [5.74, 6) is -0.0635. The molecule has 2 rings (SSSR count). The number of aliphatic carboxylic acids is 1. The molecule has 0 radical (unpaired) electrons. The van der Waals surface area contributed by atoms with Gasteiger partial charge in [0.25, 0.3) is 0 Å². The Morgan fingerprint density at radius 2 is 2.42 bits per heavy atom. The predicted molar refractivity (Wildman–Crippen MR) is 73.0 cm³/mol. The summed E-state index contributed by atoms with van der Waals surface area (Å²) in [4.78, 5) is 17.1. The van der Waals surface area contributed by atoms with E-state index in [0.29, 0.717) is 6.54 Å². The summed E-state index contributed by atoms with van der Waals surface area (Å²) in [7, 11) is 0. The van der Waals surface area contributed by atoms with Crippen LogP contribution in [0.15, 0.2) is 28.2 Å². The average Bonchev–Trinajstić information content (AvgIpc) is 2.97. The Kier molecular flexibility index (Phi) is 4.70. The second kappa shape index (κ2) is 6.49. The van der Waals surface area contributed by atoms with E-state index in [2.05, 4.69) is 4.98 Å². The molecule has 2 aromatic heterocycles. The molecule has 5 nitrogen and oxygen atoms in total. The SMILES string of the molecule is CCCN(CC(=O)O)Cc1csc(-c2ccco2)n1. The fourth-order valence-electron chi connectivity index (χ4n) is 1.84. The van der Waals surface area contributed by atoms with Crippen LogP contribution >= 0.6 is 11.3 Å². The molecule has 0 amide bonds. The van der Waals surface area contributed by atoms with Gasteiger partial charge in [0.05, 0.1) is 18.5 Å². The summed E-state index contributed by atoms with van der Waals surface area (Å²) in [6.45, 7) is 3.38. The van der Waals surface area contributed by atoms with E-state index in [1.54, 1.807) is 6.26 Å². The fraction of sp³-hybridized carbons (Fsp3) is 0.385. The number of nitrogens with zero attached hydrogens (tertiary/aromatic N) is 2. The third-order valence-electron chi connectivity index (χ3n) is 2.57. The molecule has 102 valence electrons. The average molecular weight is 280 g/mol. The smallest absolute Gasteiger partial charge is 0.317 e. The van der Waals surface area contributed by atoms with E-state index in [0.717, 1.165) is 29.4 Å². The lowest BCUT2D eigenvalue weighted by atomic mass is 10.3. The van der Waals surface area contributed by atoms with Crippen molar-refractivity contribution in [1.29, 1.82) is 0 Å². The van der Waals surface area contributed by atoms with Crippen LogP contribution in [0.25, 0.3) is 10.8 Å². The number of carbonyl (C=O) groups is 1. The molecule has 0 unspecified atom stereocenters. The molecule has 19 heavy (non-hydrogen) atoms. The summed E-state index contributed by atoms with van der Waals surface area (Å²) >= 11 is 1.51. The van der Waals surface area contributed by atoms with Crippen LogP contribution in [0.3, 0.4) is 0 Å². The maximum atomic E-state index is 10.8. The lowest BCUT2D eigenvalue weighted by molar-refractivity contribution is -0.138. The van der Waals surface area contributed by atoms with Gasteiger partial charge in [-0.2, -0.15) is 0 Å². The van der Waals surface area contributed by atoms with E-state index in [9.17, 15) is 4.79 Å². The van der Waals surface area contributed by atoms with Crippen LogP contribution in [0.2, 0.25) is 0 Å². The molecule has 0 atom stereocenters. The molecular weight excluding hydrogens is 264 g/mol. The molecule has 2 aromatic rings. The number of carboxylic acid groups (broad SMARTS) is 1. The van der Waals surface area contributed by atoms with Crippen molar-refractivity contribution < 1.29 is 14.3 Å². The maximum absolute atomic E-state index is 10.8. The van der Waals surface area contributed by atoms with Gasteiger partial charge in [-0.3, -0.25) is 9.69 Å². The Morgan fingerprint density at radius 3 is 3.05 bits per heavy atom. The van der Waals surface area contributed by atoms with Crippen LogP contribution in [0, 0.1) is 0 Å². The van der Waals surface area contributed by atoms with Crippen LogP contribution in [0.5, 0.6) is 0 Å². The van der Waals surface area contributed by atoms with Crippen molar-refractivity contribution in [2.45, 2.75) is 19.9 Å². The Bertz CT molecular complexity index is 522. The molecule has 2 heterocycles. The molecule has 0 aliphatic carbocycles. The zero-order valence-electron chi connectivity index (χ0n) is 10.7. The molecule has 6 heteroatoms. The van der Waals surface area contributed by atoms with Gasteiger partial charge in [-0.15, -0.1) is 11.3 Å². The number of aromatic nitrogens is 1. The molecule has 0 spiro atoms. The summed E-state index contributed by atoms with van der Waals surface area (Å²) < 4.78 is 5.29. The summed E-state index contributed by atoms with van der Waals surface area (Å²) in [6, 6.07) is 3.69. The first-order chi connectivity index (χ1) is 9.19. The highest BCUT2D eigenvalue weighted by molar-refractivity contribution is 7.13. The van der Waals surface area contributed by atoms with E-state index in [1.165, 1.54) is 11.3 Å². The summed E-state index contributed by atoms with van der Waals surface area (Å²) in [5, 5.41) is 11.6. The minimum absolute atomic E-state index is 0.0431. The van der Waals surface area contributed by atoms with E-state index < -0.39 is 5.97 Å². The van der Waals surface area contributed by atoms with Crippen molar-refractivity contribution in [3.8, 4) is 10.8 Å². The predicted octanol–water partition coefficient (Wildman–Crippen LogP) is 2.70. The first kappa shape index (κ1) is 13.8. The lowest BCUT2D eigenvalue weighted by Gasteiger charge is -2.17. The molecule has 1 N–H and O–H groups in total. The first-order valence-electron chi connectivity index (χ1n) is 6.11. The zero-order valence-corrected chi connectivity index (χ0v) is 11.5. The highest BCUT2D eigenvalue weighted by Crippen LogP contribution is 2.24. The van der Waals surface area contributed by atoms with E-state index in [1.807, 2.05) is 29.3 Å². The van der Waals surface area contributed by atoms with Crippen LogP contribution in [-0.2, 0) is 11.3 Å². The first-order valence-corrected chi connectivity index (χ1v) is 6.99. The van der Waals surface area contributed by atoms with Crippen molar-refractivity contribution in [3.05, 3.63) is 29.5 Å². The molecule has 0 saturated heterocycles. The van der Waals surface area contributed by atoms with Crippen LogP contribution in [0.1, 0.15) is 19.0 Å². The maximum Gasteiger partial charge on any atom is 0.317 e. The standard InChI is InChI=1S/C13H16N2O3S/c1-2-5-15(8-12(16)17)7-10-9-19-13(14-10)11-4-3-6-18-11/h3-4,6,9H,2,5,7-8H2,1H3,(H,16,17). The van der Waals surface area contributed by atoms with E-state index in [4.69, 9.17) is 9.52 Å². The van der Waals surface area contributed by atoms with Gasteiger partial charge in [0.15, 0.2) is 10.8 Å².